The van der Waals surface area contributed by atoms with Crippen molar-refractivity contribution in [2.24, 2.45) is 0 Å². The Kier molecular flexibility index (Phi) is 4.21. The lowest BCUT2D eigenvalue weighted by Gasteiger charge is -1.96. The van der Waals surface area contributed by atoms with Gasteiger partial charge in [-0.05, 0) is 29.3 Å². The highest BCUT2D eigenvalue weighted by molar-refractivity contribution is 7.98. The molecule has 3 aromatic rings. The molecule has 0 N–H and O–H groups in total. The third-order valence-corrected chi connectivity index (χ3v) is 4.65. The molecule has 0 saturated heterocycles. The smallest absolute Gasteiger partial charge is 0.396 e. The lowest BCUT2D eigenvalue weighted by atomic mass is 10.2. The molecule has 0 aliphatic carbocycles. The number of hydrogen-bond acceptors (Lipinski definition) is 7. The molecule has 5 nitrogen and oxygen atoms in total. The van der Waals surface area contributed by atoms with Gasteiger partial charge in [0.25, 0.3) is 5.22 Å². The molecular weight excluding hydrogens is 308 g/mol. The topological polar surface area (TPSA) is 65.2 Å². The summed E-state index contributed by atoms with van der Waals surface area (Å²) in [6.07, 6.45) is 0. The lowest BCUT2D eigenvalue weighted by Crippen LogP contribution is -2.04. The Morgan fingerprint density at radius 3 is 3.10 bits per heavy atom. The van der Waals surface area contributed by atoms with Gasteiger partial charge in [-0.15, -0.1) is 16.4 Å². The highest BCUT2D eigenvalue weighted by Gasteiger charge is 2.16. The molecule has 0 atom stereocenters. The maximum atomic E-state index is 11.4. The zero-order chi connectivity index (χ0) is 14.7. The van der Waals surface area contributed by atoms with Gasteiger partial charge in [0.2, 0.25) is 0 Å². The van der Waals surface area contributed by atoms with Crippen LogP contribution >= 0.6 is 23.1 Å². The van der Waals surface area contributed by atoms with Gasteiger partial charge in [0, 0.05) is 10.5 Å². The monoisotopic (exact) mass is 320 g/mol. The first-order chi connectivity index (χ1) is 10.3. The Morgan fingerprint density at radius 1 is 1.38 bits per heavy atom. The second kappa shape index (κ2) is 6.28. The zero-order valence-corrected chi connectivity index (χ0v) is 12.9. The second-order valence-corrected chi connectivity index (χ2v) is 5.98. The number of carbonyl (C=O) groups excluding carboxylic acids is 1. The predicted octanol–water partition coefficient (Wildman–Crippen LogP) is 3.75. The maximum absolute atomic E-state index is 11.4. The van der Waals surface area contributed by atoms with Gasteiger partial charge in [-0.25, -0.2) is 4.79 Å². The summed E-state index contributed by atoms with van der Waals surface area (Å²) in [6, 6.07) is 8.24. The number of nitrogens with zero attached hydrogens (tertiary/aromatic N) is 2. The van der Waals surface area contributed by atoms with E-state index in [1.165, 1.54) is 27.4 Å². The molecule has 0 bridgehead atoms. The summed E-state index contributed by atoms with van der Waals surface area (Å²) in [5, 5.41) is 11.3. The van der Waals surface area contributed by atoms with Gasteiger partial charge >= 0.3 is 11.9 Å². The first kappa shape index (κ1) is 14.1. The number of rotatable bonds is 5. The Hall–Kier alpha value is -1.86. The Bertz CT molecular complexity index is 766. The molecule has 7 heteroatoms. The molecule has 2 aromatic heterocycles. The van der Waals surface area contributed by atoms with Gasteiger partial charge in [-0.2, -0.15) is 0 Å². The van der Waals surface area contributed by atoms with Crippen molar-refractivity contribution in [3.63, 3.8) is 0 Å². The average molecular weight is 320 g/mol. The molecule has 1 aromatic carbocycles. The number of carbonyl (C=O) groups is 1. The normalized spacial score (nSPS) is 10.9. The summed E-state index contributed by atoms with van der Waals surface area (Å²) >= 11 is 3.12. The van der Waals surface area contributed by atoms with Crippen LogP contribution in [-0.4, -0.2) is 22.8 Å². The number of fused-ring (bicyclic) bond motifs is 1. The first-order valence-electron chi connectivity index (χ1n) is 6.36. The van der Waals surface area contributed by atoms with Crippen molar-refractivity contribution >= 4 is 39.2 Å². The fourth-order valence-electron chi connectivity index (χ4n) is 1.83. The summed E-state index contributed by atoms with van der Waals surface area (Å²) < 4.78 is 11.3. The molecule has 0 radical (unpaired) electrons. The van der Waals surface area contributed by atoms with Crippen LogP contribution in [0, 0.1) is 0 Å². The largest absolute Gasteiger partial charge is 0.459 e. The van der Waals surface area contributed by atoms with E-state index in [4.69, 9.17) is 9.15 Å². The molecule has 21 heavy (non-hydrogen) atoms. The number of hydrogen-bond donors (Lipinski definition) is 0. The molecule has 0 spiro atoms. The molecule has 0 aliphatic heterocycles. The molecule has 0 fully saturated rings. The van der Waals surface area contributed by atoms with Crippen LogP contribution in [0.5, 0.6) is 0 Å². The summed E-state index contributed by atoms with van der Waals surface area (Å²) in [6.45, 7) is 2.01. The van der Waals surface area contributed by atoms with E-state index in [0.29, 0.717) is 11.0 Å². The fraction of sp³-hybridized carbons (Fsp3) is 0.214. The summed E-state index contributed by atoms with van der Waals surface area (Å²) in [4.78, 5) is 11.4. The maximum Gasteiger partial charge on any atom is 0.396 e. The van der Waals surface area contributed by atoms with E-state index in [1.807, 2.05) is 12.1 Å². The van der Waals surface area contributed by atoms with Crippen LogP contribution < -0.4 is 0 Å². The molecule has 0 amide bonds. The van der Waals surface area contributed by atoms with E-state index in [9.17, 15) is 4.79 Å². The molecule has 3 rings (SSSR count). The average Bonchev–Trinajstić information content (AvgIpc) is 3.12. The van der Waals surface area contributed by atoms with Crippen molar-refractivity contribution in [3.05, 3.63) is 41.1 Å². The molecule has 0 aliphatic rings. The molecule has 0 unspecified atom stereocenters. The SMILES string of the molecule is CCOC(=O)c1nnc(SCc2csc3ccccc23)o1. The number of aromatic nitrogens is 2. The fourth-order valence-corrected chi connectivity index (χ4v) is 3.65. The van der Waals surface area contributed by atoms with E-state index >= 15 is 0 Å². The molecule has 0 saturated carbocycles. The summed E-state index contributed by atoms with van der Waals surface area (Å²) in [7, 11) is 0. The lowest BCUT2D eigenvalue weighted by molar-refractivity contribution is 0.0475. The number of ether oxygens (including phenoxy) is 1. The minimum Gasteiger partial charge on any atom is -0.459 e. The van der Waals surface area contributed by atoms with E-state index in [-0.39, 0.29) is 12.5 Å². The summed E-state index contributed by atoms with van der Waals surface area (Å²) in [5.41, 5.74) is 1.22. The van der Waals surface area contributed by atoms with Crippen molar-refractivity contribution in [3.8, 4) is 0 Å². The van der Waals surface area contributed by atoms with Crippen molar-refractivity contribution in [2.45, 2.75) is 17.9 Å². The number of thiophene rings is 1. The summed E-state index contributed by atoms with van der Waals surface area (Å²) in [5.74, 6) is 0.0291. The highest BCUT2D eigenvalue weighted by atomic mass is 32.2. The van der Waals surface area contributed by atoms with Gasteiger partial charge in [0.15, 0.2) is 0 Å². The minimum atomic E-state index is -0.585. The van der Waals surface area contributed by atoms with Crippen LogP contribution in [0.25, 0.3) is 10.1 Å². The quantitative estimate of drug-likeness (QED) is 0.527. The number of benzene rings is 1. The van der Waals surface area contributed by atoms with Gasteiger partial charge in [-0.3, -0.25) is 0 Å². The van der Waals surface area contributed by atoms with Gasteiger partial charge in [0.05, 0.1) is 6.61 Å². The standard InChI is InChI=1S/C14H12N2O3S2/c1-2-18-13(17)12-15-16-14(19-12)21-8-9-7-20-11-6-4-3-5-10(9)11/h3-7H,2,8H2,1H3. The second-order valence-electron chi connectivity index (χ2n) is 4.14. The third-order valence-electron chi connectivity index (χ3n) is 2.77. The van der Waals surface area contributed by atoms with Gasteiger partial charge < -0.3 is 9.15 Å². The van der Waals surface area contributed by atoms with Crippen LogP contribution in [0.4, 0.5) is 0 Å². The first-order valence-corrected chi connectivity index (χ1v) is 8.23. The van der Waals surface area contributed by atoms with Crippen LogP contribution in [-0.2, 0) is 10.5 Å². The van der Waals surface area contributed by atoms with E-state index in [1.54, 1.807) is 18.3 Å². The Labute approximate surface area is 129 Å². The van der Waals surface area contributed by atoms with E-state index < -0.39 is 5.97 Å². The van der Waals surface area contributed by atoms with Crippen molar-refractivity contribution in [1.82, 2.24) is 10.2 Å². The van der Waals surface area contributed by atoms with Crippen LogP contribution in [0.2, 0.25) is 0 Å². The highest BCUT2D eigenvalue weighted by Crippen LogP contribution is 2.30. The van der Waals surface area contributed by atoms with E-state index in [0.717, 1.165) is 0 Å². The van der Waals surface area contributed by atoms with Crippen molar-refractivity contribution < 1.29 is 13.9 Å². The zero-order valence-electron chi connectivity index (χ0n) is 11.2. The number of esters is 1. The molecule has 108 valence electrons. The van der Waals surface area contributed by atoms with Crippen LogP contribution in [0.15, 0.2) is 39.3 Å². The minimum absolute atomic E-state index is 0.102. The van der Waals surface area contributed by atoms with E-state index in [2.05, 4.69) is 27.7 Å². The van der Waals surface area contributed by atoms with Gasteiger partial charge in [0.1, 0.15) is 0 Å². The third kappa shape index (κ3) is 3.08. The Morgan fingerprint density at radius 2 is 2.24 bits per heavy atom. The van der Waals surface area contributed by atoms with Crippen LogP contribution in [0.3, 0.4) is 0 Å². The predicted molar refractivity (Wildman–Crippen MR) is 81.6 cm³/mol. The Balaban J connectivity index is 1.69. The molecular formula is C14H12N2O3S2. The molecule has 2 heterocycles. The van der Waals surface area contributed by atoms with Crippen molar-refractivity contribution in [1.29, 1.82) is 0 Å². The van der Waals surface area contributed by atoms with Crippen LogP contribution in [0.1, 0.15) is 23.2 Å². The number of thioether (sulfide) groups is 1. The van der Waals surface area contributed by atoms with Gasteiger partial charge in [-0.1, -0.05) is 35.1 Å². The van der Waals surface area contributed by atoms with Crippen molar-refractivity contribution in [2.75, 3.05) is 6.61 Å².